The molecule has 1 aliphatic heterocycles. The van der Waals surface area contributed by atoms with Gasteiger partial charge < -0.3 is 15.3 Å². The summed E-state index contributed by atoms with van der Waals surface area (Å²) < 4.78 is 1.45. The van der Waals surface area contributed by atoms with Gasteiger partial charge in [-0.25, -0.2) is 4.79 Å². The summed E-state index contributed by atoms with van der Waals surface area (Å²) in [7, 11) is 0. The highest BCUT2D eigenvalue weighted by atomic mass is 35.5. The topological polar surface area (TPSA) is 159 Å². The molecule has 5 rings (SSSR count). The van der Waals surface area contributed by atoms with E-state index in [1.54, 1.807) is 42.6 Å². The number of tetrazole rings is 1. The molecule has 3 N–H and O–H groups in total. The highest BCUT2D eigenvalue weighted by Crippen LogP contribution is 2.32. The first-order chi connectivity index (χ1) is 20.2. The number of benzene rings is 3. The third-order valence-electron chi connectivity index (χ3n) is 6.76. The van der Waals surface area contributed by atoms with E-state index in [0.29, 0.717) is 46.1 Å². The molecule has 1 atom stereocenters. The molecular weight excluding hydrogens is 562 g/mol. The molecule has 0 bridgehead atoms. The molecule has 0 saturated heterocycles. The minimum Gasteiger partial charge on any atom is -0.465 e. The Morgan fingerprint density at radius 2 is 1.88 bits per heavy atom. The third kappa shape index (κ3) is 6.03. The van der Waals surface area contributed by atoms with E-state index >= 15 is 0 Å². The van der Waals surface area contributed by atoms with Crippen LogP contribution in [0.1, 0.15) is 38.7 Å². The minimum atomic E-state index is -1.46. The van der Waals surface area contributed by atoms with Gasteiger partial charge in [0.15, 0.2) is 0 Å². The number of hydrogen-bond donors (Lipinski definition) is 3. The molecule has 0 saturated carbocycles. The van der Waals surface area contributed by atoms with Crippen molar-refractivity contribution >= 4 is 47.2 Å². The Kier molecular flexibility index (Phi) is 8.07. The molecular formula is C29H24ClN7O5. The van der Waals surface area contributed by atoms with Crippen molar-refractivity contribution in [2.45, 2.75) is 19.4 Å². The number of imide groups is 1. The Morgan fingerprint density at radius 3 is 2.62 bits per heavy atom. The second-order valence-corrected chi connectivity index (χ2v) is 9.89. The Balaban J connectivity index is 1.42. The van der Waals surface area contributed by atoms with Crippen molar-refractivity contribution in [3.8, 4) is 5.69 Å². The summed E-state index contributed by atoms with van der Waals surface area (Å²) in [4.78, 5) is 51.8. The van der Waals surface area contributed by atoms with Gasteiger partial charge in [-0.1, -0.05) is 35.9 Å². The molecule has 0 aliphatic carbocycles. The van der Waals surface area contributed by atoms with Crippen LogP contribution in [-0.4, -0.2) is 60.6 Å². The second kappa shape index (κ2) is 12.0. The number of aromatic nitrogens is 4. The molecule has 4 aromatic rings. The van der Waals surface area contributed by atoms with Crippen molar-refractivity contribution in [3.63, 3.8) is 0 Å². The average molecular weight is 586 g/mol. The highest BCUT2D eigenvalue weighted by molar-refractivity contribution is 6.30. The van der Waals surface area contributed by atoms with Crippen molar-refractivity contribution in [1.82, 2.24) is 30.4 Å². The van der Waals surface area contributed by atoms with Gasteiger partial charge in [-0.05, 0) is 82.9 Å². The Bertz CT molecular complexity index is 1720. The van der Waals surface area contributed by atoms with Gasteiger partial charge in [0.05, 0.1) is 5.69 Å². The number of carbonyl (C=O) groups excluding carboxylic acids is 3. The monoisotopic (exact) mass is 585 g/mol. The van der Waals surface area contributed by atoms with Gasteiger partial charge in [-0.15, -0.1) is 5.10 Å². The Morgan fingerprint density at radius 1 is 1.07 bits per heavy atom. The molecule has 0 fully saturated rings. The van der Waals surface area contributed by atoms with Crippen LogP contribution in [0.25, 0.3) is 11.8 Å². The number of anilines is 1. The summed E-state index contributed by atoms with van der Waals surface area (Å²) in [6.07, 6.45) is 3.52. The molecule has 0 spiro atoms. The molecule has 1 aromatic heterocycles. The van der Waals surface area contributed by atoms with E-state index in [4.69, 9.17) is 16.7 Å². The number of nitrogens with zero attached hydrogens (tertiary/aromatic N) is 5. The maximum atomic E-state index is 13.7. The summed E-state index contributed by atoms with van der Waals surface area (Å²) in [6.45, 7) is 1.93. The number of hydrogen-bond acceptors (Lipinski definition) is 7. The zero-order chi connectivity index (χ0) is 29.8. The minimum absolute atomic E-state index is 0.155. The van der Waals surface area contributed by atoms with E-state index in [-0.39, 0.29) is 11.5 Å². The molecule has 212 valence electrons. The van der Waals surface area contributed by atoms with Crippen LogP contribution in [0.3, 0.4) is 0 Å². The van der Waals surface area contributed by atoms with Gasteiger partial charge in [0.2, 0.25) is 5.91 Å². The van der Waals surface area contributed by atoms with Crippen molar-refractivity contribution in [1.29, 1.82) is 0 Å². The predicted molar refractivity (Wildman–Crippen MR) is 153 cm³/mol. The summed E-state index contributed by atoms with van der Waals surface area (Å²) in [6, 6.07) is 16.1. The van der Waals surface area contributed by atoms with E-state index in [1.807, 2.05) is 24.3 Å². The standard InChI is InChI=1S/C29H24ClN7O5/c1-17-14-21(8-9-22(17)27(39)33-29(41)42)32-28(40)26-23-5-3-2-4-18(23)12-13-36(26)25(38)11-6-19-15-20(30)7-10-24(19)37-16-31-34-35-37/h2-11,14-16,26H,12-13H2,1H3,(H,32,40)(H,33,39)(H,41,42). The van der Waals surface area contributed by atoms with E-state index < -0.39 is 23.9 Å². The lowest BCUT2D eigenvalue weighted by Gasteiger charge is -2.35. The van der Waals surface area contributed by atoms with Crippen LogP contribution in [0.2, 0.25) is 5.02 Å². The molecule has 0 radical (unpaired) electrons. The van der Waals surface area contributed by atoms with Gasteiger partial charge >= 0.3 is 6.09 Å². The fourth-order valence-electron chi connectivity index (χ4n) is 4.85. The SMILES string of the molecule is Cc1cc(NC(=O)C2c3ccccc3CCN2C(=O)C=Cc2cc(Cl)ccc2-n2cnnn2)ccc1C(=O)NC(=O)O. The summed E-state index contributed by atoms with van der Waals surface area (Å²) in [5, 5.41) is 25.2. The number of aryl methyl sites for hydroxylation is 1. The maximum absolute atomic E-state index is 13.7. The Labute approximate surface area is 244 Å². The predicted octanol–water partition coefficient (Wildman–Crippen LogP) is 3.81. The summed E-state index contributed by atoms with van der Waals surface area (Å²) in [5.41, 5.74) is 3.88. The number of carboxylic acid groups (broad SMARTS) is 1. The number of carbonyl (C=O) groups is 4. The van der Waals surface area contributed by atoms with E-state index in [2.05, 4.69) is 20.8 Å². The third-order valence-corrected chi connectivity index (χ3v) is 7.00. The molecule has 42 heavy (non-hydrogen) atoms. The number of halogens is 1. The van der Waals surface area contributed by atoms with Crippen LogP contribution in [0.4, 0.5) is 10.5 Å². The van der Waals surface area contributed by atoms with Crippen LogP contribution >= 0.6 is 11.6 Å². The number of nitrogens with one attached hydrogen (secondary N) is 2. The highest BCUT2D eigenvalue weighted by Gasteiger charge is 2.35. The fraction of sp³-hybridized carbons (Fsp3) is 0.138. The first kappa shape index (κ1) is 28.2. The lowest BCUT2D eigenvalue weighted by Crippen LogP contribution is -2.44. The van der Waals surface area contributed by atoms with Gasteiger partial charge in [0.1, 0.15) is 12.4 Å². The van der Waals surface area contributed by atoms with E-state index in [1.165, 1.54) is 34.1 Å². The first-order valence-corrected chi connectivity index (χ1v) is 13.1. The zero-order valence-electron chi connectivity index (χ0n) is 22.2. The van der Waals surface area contributed by atoms with Crippen molar-refractivity contribution in [2.24, 2.45) is 0 Å². The van der Waals surface area contributed by atoms with Crippen molar-refractivity contribution in [3.05, 3.63) is 106 Å². The molecule has 3 aromatic carbocycles. The number of rotatable bonds is 6. The van der Waals surface area contributed by atoms with Crippen LogP contribution < -0.4 is 10.6 Å². The van der Waals surface area contributed by atoms with E-state index in [0.717, 1.165) is 5.56 Å². The largest absolute Gasteiger partial charge is 0.465 e. The number of amides is 4. The van der Waals surface area contributed by atoms with E-state index in [9.17, 15) is 19.2 Å². The summed E-state index contributed by atoms with van der Waals surface area (Å²) in [5.74, 6) is -1.60. The van der Waals surface area contributed by atoms with Gasteiger partial charge in [-0.3, -0.25) is 19.7 Å². The molecule has 12 nitrogen and oxygen atoms in total. The number of fused-ring (bicyclic) bond motifs is 1. The lowest BCUT2D eigenvalue weighted by molar-refractivity contribution is -0.135. The smallest absolute Gasteiger partial charge is 0.411 e. The van der Waals surface area contributed by atoms with Crippen LogP contribution in [0, 0.1) is 6.92 Å². The molecule has 2 heterocycles. The van der Waals surface area contributed by atoms with Crippen molar-refractivity contribution < 1.29 is 24.3 Å². The Hall–Kier alpha value is -5.36. The second-order valence-electron chi connectivity index (χ2n) is 9.45. The molecule has 13 heteroatoms. The van der Waals surface area contributed by atoms with Crippen LogP contribution in [0.5, 0.6) is 0 Å². The quantitative estimate of drug-likeness (QED) is 0.288. The molecule has 4 amide bonds. The first-order valence-electron chi connectivity index (χ1n) is 12.8. The molecule has 1 unspecified atom stereocenters. The van der Waals surface area contributed by atoms with Gasteiger partial charge in [0.25, 0.3) is 11.8 Å². The normalized spacial score (nSPS) is 14.3. The molecule has 1 aliphatic rings. The van der Waals surface area contributed by atoms with Crippen LogP contribution in [0.15, 0.2) is 73.1 Å². The van der Waals surface area contributed by atoms with Crippen LogP contribution in [-0.2, 0) is 16.0 Å². The van der Waals surface area contributed by atoms with Gasteiger partial charge in [-0.2, -0.15) is 4.68 Å². The fourth-order valence-corrected chi connectivity index (χ4v) is 5.03. The average Bonchev–Trinajstić information content (AvgIpc) is 3.50. The lowest BCUT2D eigenvalue weighted by atomic mass is 9.91. The maximum Gasteiger partial charge on any atom is 0.411 e. The van der Waals surface area contributed by atoms with Crippen molar-refractivity contribution in [2.75, 3.05) is 11.9 Å². The summed E-state index contributed by atoms with van der Waals surface area (Å²) >= 11 is 6.21. The zero-order valence-corrected chi connectivity index (χ0v) is 22.9. The van der Waals surface area contributed by atoms with Gasteiger partial charge in [0, 0.05) is 34.5 Å².